The smallest absolute Gasteiger partial charge is 0.354 e. The van der Waals surface area contributed by atoms with Crippen LogP contribution >= 0.6 is 0 Å². The maximum Gasteiger partial charge on any atom is 0.354 e. The normalized spacial score (nSPS) is 14.0. The van der Waals surface area contributed by atoms with Gasteiger partial charge in [-0.2, -0.15) is 0 Å². The highest BCUT2D eigenvalue weighted by Crippen LogP contribution is 2.40. The number of para-hydroxylation sites is 1. The van der Waals surface area contributed by atoms with Gasteiger partial charge in [-0.1, -0.05) is 42.5 Å². The Labute approximate surface area is 141 Å². The second-order valence-electron chi connectivity index (χ2n) is 6.41. The molecule has 4 rings (SSSR count). The largest absolute Gasteiger partial charge is 0.461 e. The standard InChI is InChI=1S/C21H21NO2/c1-2-24-21(23)20-13-18-5-3-4-6-19(18)22(20)14-15-7-9-16(10-8-15)17-11-12-17/h3-10,13,17H,2,11-12,14H2,1H3. The average Bonchev–Trinajstić information content (AvgIpc) is 3.39. The summed E-state index contributed by atoms with van der Waals surface area (Å²) in [5, 5.41) is 1.06. The molecule has 0 N–H and O–H groups in total. The Bertz CT molecular complexity index is 872. The fraction of sp³-hybridized carbons (Fsp3) is 0.286. The van der Waals surface area contributed by atoms with Gasteiger partial charge in [-0.3, -0.25) is 0 Å². The van der Waals surface area contributed by atoms with E-state index >= 15 is 0 Å². The third-order valence-corrected chi connectivity index (χ3v) is 4.66. The molecule has 1 fully saturated rings. The number of benzene rings is 2. The molecule has 0 spiro atoms. The predicted molar refractivity (Wildman–Crippen MR) is 95.4 cm³/mol. The Hall–Kier alpha value is -2.55. The summed E-state index contributed by atoms with van der Waals surface area (Å²) in [7, 11) is 0. The number of rotatable bonds is 5. The van der Waals surface area contributed by atoms with Crippen molar-refractivity contribution in [2.45, 2.75) is 32.2 Å². The van der Waals surface area contributed by atoms with E-state index in [1.165, 1.54) is 24.0 Å². The fourth-order valence-electron chi connectivity index (χ4n) is 3.25. The van der Waals surface area contributed by atoms with Gasteiger partial charge in [0.15, 0.2) is 0 Å². The van der Waals surface area contributed by atoms with Gasteiger partial charge in [0.25, 0.3) is 0 Å². The number of nitrogens with zero attached hydrogens (tertiary/aromatic N) is 1. The van der Waals surface area contributed by atoms with Crippen LogP contribution < -0.4 is 0 Å². The van der Waals surface area contributed by atoms with Gasteiger partial charge in [0.1, 0.15) is 5.69 Å². The van der Waals surface area contributed by atoms with Crippen LogP contribution in [0.5, 0.6) is 0 Å². The molecule has 0 aliphatic heterocycles. The predicted octanol–water partition coefficient (Wildman–Crippen LogP) is 4.74. The van der Waals surface area contributed by atoms with Gasteiger partial charge < -0.3 is 9.30 Å². The van der Waals surface area contributed by atoms with Crippen molar-refractivity contribution in [3.63, 3.8) is 0 Å². The van der Waals surface area contributed by atoms with Crippen molar-refractivity contribution in [1.82, 2.24) is 4.57 Å². The lowest BCUT2D eigenvalue weighted by atomic mass is 10.1. The quantitative estimate of drug-likeness (QED) is 0.636. The van der Waals surface area contributed by atoms with Gasteiger partial charge in [0, 0.05) is 17.4 Å². The minimum atomic E-state index is -0.261. The third-order valence-electron chi connectivity index (χ3n) is 4.66. The first-order chi connectivity index (χ1) is 11.8. The second kappa shape index (κ2) is 6.16. The lowest BCUT2D eigenvalue weighted by molar-refractivity contribution is 0.0515. The maximum atomic E-state index is 12.3. The topological polar surface area (TPSA) is 31.2 Å². The monoisotopic (exact) mass is 319 g/mol. The van der Waals surface area contributed by atoms with Crippen LogP contribution in [0.1, 0.15) is 47.3 Å². The van der Waals surface area contributed by atoms with Crippen LogP contribution in [0.2, 0.25) is 0 Å². The van der Waals surface area contributed by atoms with E-state index < -0.39 is 0 Å². The SMILES string of the molecule is CCOC(=O)c1cc2ccccc2n1Cc1ccc(C2CC2)cc1. The summed E-state index contributed by atoms with van der Waals surface area (Å²) in [6.07, 6.45) is 2.63. The van der Waals surface area contributed by atoms with Gasteiger partial charge >= 0.3 is 5.97 Å². The zero-order chi connectivity index (χ0) is 16.5. The molecule has 3 nitrogen and oxygen atoms in total. The molecule has 1 aliphatic carbocycles. The molecule has 1 saturated carbocycles. The molecule has 0 radical (unpaired) electrons. The number of hydrogen-bond donors (Lipinski definition) is 0. The van der Waals surface area contributed by atoms with Gasteiger partial charge in [0.05, 0.1) is 6.61 Å². The van der Waals surface area contributed by atoms with Gasteiger partial charge in [-0.15, -0.1) is 0 Å². The first-order valence-corrected chi connectivity index (χ1v) is 8.60. The second-order valence-corrected chi connectivity index (χ2v) is 6.41. The molecule has 0 bridgehead atoms. The number of esters is 1. The molecule has 122 valence electrons. The molecule has 0 unspecified atom stereocenters. The molecule has 24 heavy (non-hydrogen) atoms. The van der Waals surface area contributed by atoms with Crippen molar-refractivity contribution < 1.29 is 9.53 Å². The summed E-state index contributed by atoms with van der Waals surface area (Å²) >= 11 is 0. The minimum Gasteiger partial charge on any atom is -0.461 e. The van der Waals surface area contributed by atoms with Crippen molar-refractivity contribution in [3.8, 4) is 0 Å². The van der Waals surface area contributed by atoms with Crippen molar-refractivity contribution in [3.05, 3.63) is 71.4 Å². The number of aromatic nitrogens is 1. The van der Waals surface area contributed by atoms with Crippen molar-refractivity contribution in [2.24, 2.45) is 0 Å². The van der Waals surface area contributed by atoms with E-state index in [1.807, 2.05) is 31.2 Å². The molecule has 1 aromatic heterocycles. The summed E-state index contributed by atoms with van der Waals surface area (Å²) < 4.78 is 7.29. The number of fused-ring (bicyclic) bond motifs is 1. The number of carbonyl (C=O) groups is 1. The highest BCUT2D eigenvalue weighted by atomic mass is 16.5. The van der Waals surface area contributed by atoms with Gasteiger partial charge in [-0.25, -0.2) is 4.79 Å². The molecule has 0 saturated heterocycles. The minimum absolute atomic E-state index is 0.261. The van der Waals surface area contributed by atoms with Crippen LogP contribution in [0.4, 0.5) is 0 Å². The summed E-state index contributed by atoms with van der Waals surface area (Å²) in [4.78, 5) is 12.3. The molecule has 1 heterocycles. The Morgan fingerprint density at radius 2 is 1.88 bits per heavy atom. The molecule has 0 atom stereocenters. The number of carbonyl (C=O) groups excluding carboxylic acids is 1. The summed E-state index contributed by atoms with van der Waals surface area (Å²) in [5.41, 5.74) is 4.31. The molecular weight excluding hydrogens is 298 g/mol. The van der Waals surface area contributed by atoms with Crippen LogP contribution in [0.15, 0.2) is 54.6 Å². The van der Waals surface area contributed by atoms with E-state index in [1.54, 1.807) is 0 Å². The van der Waals surface area contributed by atoms with Gasteiger partial charge in [0.2, 0.25) is 0 Å². The summed E-state index contributed by atoms with van der Waals surface area (Å²) in [6, 6.07) is 18.8. The zero-order valence-electron chi connectivity index (χ0n) is 13.9. The molecular formula is C21H21NO2. The first-order valence-electron chi connectivity index (χ1n) is 8.60. The molecule has 3 heteroatoms. The molecule has 2 aromatic carbocycles. The highest BCUT2D eigenvalue weighted by Gasteiger charge is 2.23. The van der Waals surface area contributed by atoms with E-state index in [9.17, 15) is 4.79 Å². The van der Waals surface area contributed by atoms with Crippen molar-refractivity contribution >= 4 is 16.9 Å². The van der Waals surface area contributed by atoms with E-state index in [-0.39, 0.29) is 5.97 Å². The first kappa shape index (κ1) is 15.0. The summed E-state index contributed by atoms with van der Waals surface area (Å²) in [6.45, 7) is 2.89. The molecule has 1 aliphatic rings. The van der Waals surface area contributed by atoms with Crippen LogP contribution in [0.3, 0.4) is 0 Å². The van der Waals surface area contributed by atoms with E-state index in [0.29, 0.717) is 18.8 Å². The van der Waals surface area contributed by atoms with E-state index in [2.05, 4.69) is 34.9 Å². The Balaban J connectivity index is 1.70. The van der Waals surface area contributed by atoms with Crippen LogP contribution in [-0.2, 0) is 11.3 Å². The van der Waals surface area contributed by atoms with Crippen molar-refractivity contribution in [2.75, 3.05) is 6.61 Å². The lowest BCUT2D eigenvalue weighted by Gasteiger charge is -2.11. The third kappa shape index (κ3) is 2.82. The fourth-order valence-corrected chi connectivity index (χ4v) is 3.25. The maximum absolute atomic E-state index is 12.3. The van der Waals surface area contributed by atoms with Gasteiger partial charge in [-0.05, 0) is 48.9 Å². The highest BCUT2D eigenvalue weighted by molar-refractivity contribution is 5.95. The number of ether oxygens (including phenoxy) is 1. The Morgan fingerprint density at radius 3 is 2.58 bits per heavy atom. The van der Waals surface area contributed by atoms with E-state index in [4.69, 9.17) is 4.74 Å². The lowest BCUT2D eigenvalue weighted by Crippen LogP contribution is -2.12. The van der Waals surface area contributed by atoms with Crippen LogP contribution in [0.25, 0.3) is 10.9 Å². The number of hydrogen-bond acceptors (Lipinski definition) is 2. The average molecular weight is 319 g/mol. The molecule has 3 aromatic rings. The Kier molecular flexibility index (Phi) is 3.85. The molecule has 0 amide bonds. The van der Waals surface area contributed by atoms with Crippen LogP contribution in [-0.4, -0.2) is 17.1 Å². The van der Waals surface area contributed by atoms with Crippen LogP contribution in [0, 0.1) is 0 Å². The summed E-state index contributed by atoms with van der Waals surface area (Å²) in [5.74, 6) is 0.504. The zero-order valence-corrected chi connectivity index (χ0v) is 13.9. The Morgan fingerprint density at radius 1 is 1.12 bits per heavy atom. The van der Waals surface area contributed by atoms with E-state index in [0.717, 1.165) is 16.8 Å². The van der Waals surface area contributed by atoms with Crippen molar-refractivity contribution in [1.29, 1.82) is 0 Å².